The van der Waals surface area contributed by atoms with E-state index < -0.39 is 0 Å². The van der Waals surface area contributed by atoms with Crippen LogP contribution in [0, 0.1) is 0 Å². The molecule has 1 atom stereocenters. The Bertz CT molecular complexity index is 621. The van der Waals surface area contributed by atoms with Crippen molar-refractivity contribution in [3.63, 3.8) is 0 Å². The van der Waals surface area contributed by atoms with Gasteiger partial charge in [-0.15, -0.1) is 0 Å². The molecule has 1 N–H and O–H groups in total. The average Bonchev–Trinajstić information content (AvgIpc) is 2.63. The number of likely N-dealkylation sites (tertiary alicyclic amines) is 1. The lowest BCUT2D eigenvalue weighted by Crippen LogP contribution is -2.39. The summed E-state index contributed by atoms with van der Waals surface area (Å²) in [6, 6.07) is 18.6. The van der Waals surface area contributed by atoms with Gasteiger partial charge >= 0.3 is 0 Å². The number of aliphatic hydroxyl groups excluding tert-OH is 1. The molecule has 0 saturated carbocycles. The molecule has 3 nitrogen and oxygen atoms in total. The van der Waals surface area contributed by atoms with Crippen molar-refractivity contribution in [1.82, 2.24) is 4.90 Å². The van der Waals surface area contributed by atoms with E-state index in [1.165, 1.54) is 11.1 Å². The molecule has 1 fully saturated rings. The quantitative estimate of drug-likeness (QED) is 0.882. The SMILES string of the molecule is COc1ccccc1C1CCN(CC(O)Cc2ccccc2)CC1. The van der Waals surface area contributed by atoms with Gasteiger partial charge in [0.25, 0.3) is 0 Å². The summed E-state index contributed by atoms with van der Waals surface area (Å²) in [5, 5.41) is 10.4. The minimum Gasteiger partial charge on any atom is -0.496 e. The topological polar surface area (TPSA) is 32.7 Å². The van der Waals surface area contributed by atoms with E-state index in [1.807, 2.05) is 30.3 Å². The van der Waals surface area contributed by atoms with Gasteiger partial charge in [-0.3, -0.25) is 0 Å². The summed E-state index contributed by atoms with van der Waals surface area (Å²) in [5.74, 6) is 1.56. The summed E-state index contributed by atoms with van der Waals surface area (Å²) in [6.45, 7) is 2.83. The number of nitrogens with zero attached hydrogens (tertiary/aromatic N) is 1. The normalized spacial score (nSPS) is 17.6. The smallest absolute Gasteiger partial charge is 0.122 e. The molecule has 1 aliphatic heterocycles. The third kappa shape index (κ3) is 4.37. The number of aliphatic hydroxyl groups is 1. The number of hydrogen-bond donors (Lipinski definition) is 1. The molecular formula is C21H27NO2. The van der Waals surface area contributed by atoms with Gasteiger partial charge in [0, 0.05) is 6.54 Å². The average molecular weight is 325 g/mol. The predicted molar refractivity (Wildman–Crippen MR) is 97.6 cm³/mol. The van der Waals surface area contributed by atoms with E-state index in [-0.39, 0.29) is 6.10 Å². The fourth-order valence-corrected chi connectivity index (χ4v) is 3.68. The van der Waals surface area contributed by atoms with Crippen molar-refractivity contribution in [2.24, 2.45) is 0 Å². The monoisotopic (exact) mass is 325 g/mol. The Balaban J connectivity index is 1.50. The van der Waals surface area contributed by atoms with Gasteiger partial charge in [0.2, 0.25) is 0 Å². The zero-order valence-electron chi connectivity index (χ0n) is 14.4. The minimum absolute atomic E-state index is 0.296. The van der Waals surface area contributed by atoms with Crippen LogP contribution in [0.2, 0.25) is 0 Å². The van der Waals surface area contributed by atoms with Crippen LogP contribution < -0.4 is 4.74 Å². The lowest BCUT2D eigenvalue weighted by molar-refractivity contribution is 0.0969. The van der Waals surface area contributed by atoms with E-state index >= 15 is 0 Å². The number of para-hydroxylation sites is 1. The first-order valence-electron chi connectivity index (χ1n) is 8.83. The molecule has 3 rings (SSSR count). The van der Waals surface area contributed by atoms with Crippen molar-refractivity contribution < 1.29 is 9.84 Å². The Morgan fingerprint density at radius 3 is 2.42 bits per heavy atom. The molecule has 0 aliphatic carbocycles. The Morgan fingerprint density at radius 2 is 1.71 bits per heavy atom. The van der Waals surface area contributed by atoms with Gasteiger partial charge in [-0.05, 0) is 55.5 Å². The van der Waals surface area contributed by atoms with Gasteiger partial charge in [-0.25, -0.2) is 0 Å². The maximum atomic E-state index is 10.4. The van der Waals surface area contributed by atoms with Gasteiger partial charge in [0.15, 0.2) is 0 Å². The standard InChI is InChI=1S/C21H27NO2/c1-24-21-10-6-5-9-20(21)18-11-13-22(14-12-18)16-19(23)15-17-7-3-2-4-8-17/h2-10,18-19,23H,11-16H2,1H3. The molecular weight excluding hydrogens is 298 g/mol. The number of methoxy groups -OCH3 is 1. The second kappa shape index (κ2) is 8.32. The van der Waals surface area contributed by atoms with Crippen LogP contribution in [0.5, 0.6) is 5.75 Å². The summed E-state index contributed by atoms with van der Waals surface area (Å²) in [4.78, 5) is 2.39. The largest absolute Gasteiger partial charge is 0.496 e. The van der Waals surface area contributed by atoms with E-state index in [1.54, 1.807) is 7.11 Å². The Morgan fingerprint density at radius 1 is 1.04 bits per heavy atom. The molecule has 2 aromatic carbocycles. The molecule has 1 heterocycles. The number of rotatable bonds is 6. The Labute approximate surface area is 144 Å². The van der Waals surface area contributed by atoms with Crippen molar-refractivity contribution in [2.45, 2.75) is 31.3 Å². The maximum absolute atomic E-state index is 10.4. The highest BCUT2D eigenvalue weighted by atomic mass is 16.5. The maximum Gasteiger partial charge on any atom is 0.122 e. The van der Waals surface area contributed by atoms with Crippen molar-refractivity contribution in [1.29, 1.82) is 0 Å². The first-order chi connectivity index (χ1) is 11.8. The van der Waals surface area contributed by atoms with Crippen molar-refractivity contribution in [3.05, 3.63) is 65.7 Å². The van der Waals surface area contributed by atoms with Crippen molar-refractivity contribution in [2.75, 3.05) is 26.7 Å². The molecule has 0 spiro atoms. The van der Waals surface area contributed by atoms with Crippen molar-refractivity contribution >= 4 is 0 Å². The Hall–Kier alpha value is -1.84. The van der Waals surface area contributed by atoms with Crippen LogP contribution in [0.3, 0.4) is 0 Å². The van der Waals surface area contributed by atoms with Crippen molar-refractivity contribution in [3.8, 4) is 5.75 Å². The summed E-state index contributed by atoms with van der Waals surface area (Å²) in [7, 11) is 1.74. The first kappa shape index (κ1) is 17.0. The minimum atomic E-state index is -0.296. The molecule has 3 heteroatoms. The van der Waals surface area contributed by atoms with E-state index in [9.17, 15) is 5.11 Å². The molecule has 0 aromatic heterocycles. The summed E-state index contributed by atoms with van der Waals surface area (Å²) < 4.78 is 5.50. The number of ether oxygens (including phenoxy) is 1. The fraction of sp³-hybridized carbons (Fsp3) is 0.429. The third-order valence-corrected chi connectivity index (χ3v) is 4.95. The van der Waals surface area contributed by atoms with Gasteiger partial charge in [-0.1, -0.05) is 48.5 Å². The molecule has 0 radical (unpaired) electrons. The zero-order valence-corrected chi connectivity index (χ0v) is 14.4. The summed E-state index contributed by atoms with van der Waals surface area (Å²) in [5.41, 5.74) is 2.53. The van der Waals surface area contributed by atoms with Crippen LogP contribution in [-0.4, -0.2) is 42.9 Å². The second-order valence-corrected chi connectivity index (χ2v) is 6.66. The van der Waals surface area contributed by atoms with E-state index in [0.29, 0.717) is 5.92 Å². The number of piperidine rings is 1. The highest BCUT2D eigenvalue weighted by Gasteiger charge is 2.24. The molecule has 0 amide bonds. The molecule has 2 aromatic rings. The molecule has 0 bridgehead atoms. The van der Waals surface area contributed by atoms with E-state index in [2.05, 4.69) is 29.2 Å². The molecule has 1 unspecified atom stereocenters. The molecule has 1 saturated heterocycles. The first-order valence-corrected chi connectivity index (χ1v) is 8.83. The lowest BCUT2D eigenvalue weighted by Gasteiger charge is -2.33. The number of hydrogen-bond acceptors (Lipinski definition) is 3. The van der Waals surface area contributed by atoms with Gasteiger partial charge in [0.1, 0.15) is 5.75 Å². The number of β-amino-alcohol motifs (C(OH)–C–C–N with tert-alkyl or cyclic N) is 1. The second-order valence-electron chi connectivity index (χ2n) is 6.66. The number of benzene rings is 2. The highest BCUT2D eigenvalue weighted by Crippen LogP contribution is 2.33. The third-order valence-electron chi connectivity index (χ3n) is 4.95. The van der Waals surface area contributed by atoms with Crippen LogP contribution in [0.1, 0.15) is 29.9 Å². The summed E-state index contributed by atoms with van der Waals surface area (Å²) >= 11 is 0. The molecule has 1 aliphatic rings. The zero-order chi connectivity index (χ0) is 16.8. The van der Waals surface area contributed by atoms with Gasteiger partial charge < -0.3 is 14.7 Å². The highest BCUT2D eigenvalue weighted by molar-refractivity contribution is 5.36. The van der Waals surface area contributed by atoms with Gasteiger partial charge in [0.05, 0.1) is 13.2 Å². The molecule has 24 heavy (non-hydrogen) atoms. The van der Waals surface area contributed by atoms with E-state index in [0.717, 1.165) is 44.6 Å². The van der Waals surface area contributed by atoms with Gasteiger partial charge in [-0.2, -0.15) is 0 Å². The predicted octanol–water partition coefficient (Wildman–Crippen LogP) is 3.48. The van der Waals surface area contributed by atoms with Crippen LogP contribution >= 0.6 is 0 Å². The van der Waals surface area contributed by atoms with Crippen LogP contribution in [0.25, 0.3) is 0 Å². The van der Waals surface area contributed by atoms with E-state index in [4.69, 9.17) is 4.74 Å². The molecule has 128 valence electrons. The van der Waals surface area contributed by atoms with Crippen LogP contribution in [-0.2, 0) is 6.42 Å². The lowest BCUT2D eigenvalue weighted by atomic mass is 9.88. The van der Waals surface area contributed by atoms with Crippen LogP contribution in [0.4, 0.5) is 0 Å². The Kier molecular flexibility index (Phi) is 5.89. The summed E-state index contributed by atoms with van der Waals surface area (Å²) in [6.07, 6.45) is 2.68. The fourth-order valence-electron chi connectivity index (χ4n) is 3.68. The van der Waals surface area contributed by atoms with Crippen LogP contribution in [0.15, 0.2) is 54.6 Å².